The van der Waals surface area contributed by atoms with E-state index in [0.717, 1.165) is 11.3 Å². The average Bonchev–Trinajstić information content (AvgIpc) is 2.40. The summed E-state index contributed by atoms with van der Waals surface area (Å²) < 4.78 is 1.80. The van der Waals surface area contributed by atoms with E-state index in [1.54, 1.807) is 4.68 Å². The highest BCUT2D eigenvalue weighted by molar-refractivity contribution is 5.82. The Morgan fingerprint density at radius 3 is 2.71 bits per heavy atom. The topological polar surface area (TPSA) is 56.2 Å². The second kappa shape index (κ2) is 4.26. The first-order valence-electron chi connectivity index (χ1n) is 4.79. The van der Waals surface area contributed by atoms with Gasteiger partial charge >= 0.3 is 0 Å². The van der Waals surface area contributed by atoms with E-state index in [2.05, 4.69) is 10.1 Å². The molecule has 0 atom stereocenters. The second-order valence-electron chi connectivity index (χ2n) is 3.81. The van der Waals surface area contributed by atoms with Crippen LogP contribution in [-0.4, -0.2) is 15.6 Å². The Hall–Kier alpha value is -1.32. The lowest BCUT2D eigenvalue weighted by Gasteiger charge is -2.02. The summed E-state index contributed by atoms with van der Waals surface area (Å²) in [6.45, 7) is 6.68. The van der Waals surface area contributed by atoms with Crippen LogP contribution in [0, 0.1) is 12.8 Å². The summed E-state index contributed by atoms with van der Waals surface area (Å²) in [5.74, 6) is 1.01. The largest absolute Gasteiger partial charge is 0.387 e. The van der Waals surface area contributed by atoms with Crippen LogP contribution in [-0.2, 0) is 13.6 Å². The lowest BCUT2D eigenvalue weighted by atomic mass is 10.2. The van der Waals surface area contributed by atoms with Crippen LogP contribution in [0.5, 0.6) is 0 Å². The van der Waals surface area contributed by atoms with Crippen molar-refractivity contribution in [1.29, 1.82) is 0 Å². The number of nitrogens with zero attached hydrogens (tertiary/aromatic N) is 3. The Bertz CT molecular complexity index is 336. The molecule has 0 aromatic carbocycles. The van der Waals surface area contributed by atoms with Crippen LogP contribution in [0.2, 0.25) is 0 Å². The number of aromatic nitrogens is 2. The number of rotatable bonds is 3. The predicted molar refractivity (Wildman–Crippen MR) is 58.1 cm³/mol. The third kappa shape index (κ3) is 2.58. The Labute approximate surface area is 84.8 Å². The number of hydrogen-bond donors (Lipinski definition) is 1. The third-order valence-corrected chi connectivity index (χ3v) is 2.14. The maximum atomic E-state index is 5.74. The number of amidine groups is 1. The second-order valence-corrected chi connectivity index (χ2v) is 3.81. The smallest absolute Gasteiger partial charge is 0.0967 e. The molecule has 1 heterocycles. The zero-order valence-corrected chi connectivity index (χ0v) is 9.28. The Kier molecular flexibility index (Phi) is 3.28. The summed E-state index contributed by atoms with van der Waals surface area (Å²) in [7, 11) is 1.91. The molecule has 4 nitrogen and oxygen atoms in total. The molecule has 0 saturated carbocycles. The van der Waals surface area contributed by atoms with Crippen LogP contribution in [0.1, 0.15) is 25.1 Å². The molecule has 2 N–H and O–H groups in total. The van der Waals surface area contributed by atoms with Crippen molar-refractivity contribution in [2.75, 3.05) is 0 Å². The van der Waals surface area contributed by atoms with E-state index in [1.165, 1.54) is 0 Å². The summed E-state index contributed by atoms with van der Waals surface area (Å²) in [5, 5.41) is 4.24. The first-order valence-corrected chi connectivity index (χ1v) is 4.79. The van der Waals surface area contributed by atoms with Gasteiger partial charge in [-0.3, -0.25) is 9.67 Å². The molecule has 0 aliphatic carbocycles. The highest BCUT2D eigenvalue weighted by Crippen LogP contribution is 2.06. The van der Waals surface area contributed by atoms with Gasteiger partial charge in [0.15, 0.2) is 0 Å². The fraction of sp³-hybridized carbons (Fsp3) is 0.600. The number of aryl methyl sites for hydroxylation is 2. The fourth-order valence-corrected chi connectivity index (χ4v) is 1.16. The predicted octanol–water partition coefficient (Wildman–Crippen LogP) is 1.24. The van der Waals surface area contributed by atoms with Crippen molar-refractivity contribution < 1.29 is 0 Å². The van der Waals surface area contributed by atoms with Gasteiger partial charge < -0.3 is 5.73 Å². The molecule has 1 rings (SSSR count). The summed E-state index contributed by atoms with van der Waals surface area (Å²) >= 11 is 0. The van der Waals surface area contributed by atoms with Gasteiger partial charge in [0.2, 0.25) is 0 Å². The minimum atomic E-state index is 0.312. The summed E-state index contributed by atoms with van der Waals surface area (Å²) in [6, 6.07) is 0. The zero-order valence-electron chi connectivity index (χ0n) is 9.28. The van der Waals surface area contributed by atoms with Gasteiger partial charge in [-0.15, -0.1) is 0 Å². The molecule has 14 heavy (non-hydrogen) atoms. The molecule has 0 bridgehead atoms. The highest BCUT2D eigenvalue weighted by Gasteiger charge is 2.03. The summed E-state index contributed by atoms with van der Waals surface area (Å²) in [4.78, 5) is 4.31. The van der Waals surface area contributed by atoms with Crippen molar-refractivity contribution in [3.05, 3.63) is 17.5 Å². The third-order valence-electron chi connectivity index (χ3n) is 2.14. The molecule has 78 valence electrons. The van der Waals surface area contributed by atoms with Crippen molar-refractivity contribution in [2.45, 2.75) is 27.3 Å². The molecular weight excluding hydrogens is 176 g/mol. The minimum Gasteiger partial charge on any atom is -0.387 e. The van der Waals surface area contributed by atoms with Gasteiger partial charge in [0.05, 0.1) is 18.1 Å². The molecule has 0 unspecified atom stereocenters. The SMILES string of the molecule is Cc1nn(C)cc1CN=C(N)C(C)C. The number of aliphatic imine (C=N–C) groups is 1. The average molecular weight is 194 g/mol. The minimum absolute atomic E-state index is 0.312. The Balaban J connectivity index is 2.70. The van der Waals surface area contributed by atoms with Gasteiger partial charge in [0, 0.05) is 24.7 Å². The van der Waals surface area contributed by atoms with E-state index in [4.69, 9.17) is 5.73 Å². The van der Waals surface area contributed by atoms with Gasteiger partial charge in [-0.2, -0.15) is 5.10 Å². The highest BCUT2D eigenvalue weighted by atomic mass is 15.2. The molecule has 1 aromatic rings. The van der Waals surface area contributed by atoms with E-state index in [-0.39, 0.29) is 0 Å². The van der Waals surface area contributed by atoms with Crippen molar-refractivity contribution >= 4 is 5.84 Å². The molecule has 4 heteroatoms. The zero-order chi connectivity index (χ0) is 10.7. The van der Waals surface area contributed by atoms with Crippen LogP contribution < -0.4 is 5.73 Å². The van der Waals surface area contributed by atoms with Crippen LogP contribution in [0.25, 0.3) is 0 Å². The van der Waals surface area contributed by atoms with E-state index in [0.29, 0.717) is 18.3 Å². The van der Waals surface area contributed by atoms with E-state index < -0.39 is 0 Å². The molecule has 0 spiro atoms. The van der Waals surface area contributed by atoms with Gasteiger partial charge in [-0.25, -0.2) is 0 Å². The molecule has 0 aliphatic rings. The first-order chi connectivity index (χ1) is 6.50. The molecule has 0 saturated heterocycles. The maximum Gasteiger partial charge on any atom is 0.0967 e. The number of hydrogen-bond acceptors (Lipinski definition) is 2. The van der Waals surface area contributed by atoms with Crippen LogP contribution in [0.15, 0.2) is 11.2 Å². The number of nitrogens with two attached hydrogens (primary N) is 1. The van der Waals surface area contributed by atoms with Crippen molar-refractivity contribution in [2.24, 2.45) is 23.7 Å². The van der Waals surface area contributed by atoms with Crippen molar-refractivity contribution in [3.8, 4) is 0 Å². The molecule has 1 aromatic heterocycles. The fourth-order valence-electron chi connectivity index (χ4n) is 1.16. The first kappa shape index (κ1) is 10.8. The molecule has 0 radical (unpaired) electrons. The van der Waals surface area contributed by atoms with Gasteiger partial charge in [0.25, 0.3) is 0 Å². The lowest BCUT2D eigenvalue weighted by molar-refractivity contribution is 0.756. The van der Waals surface area contributed by atoms with Gasteiger partial charge in [-0.1, -0.05) is 13.8 Å². The van der Waals surface area contributed by atoms with Crippen LogP contribution in [0.4, 0.5) is 0 Å². The van der Waals surface area contributed by atoms with E-state index in [1.807, 2.05) is 34.0 Å². The van der Waals surface area contributed by atoms with Crippen molar-refractivity contribution in [3.63, 3.8) is 0 Å². The maximum absolute atomic E-state index is 5.74. The normalized spacial score (nSPS) is 12.5. The summed E-state index contributed by atoms with van der Waals surface area (Å²) in [5.41, 5.74) is 7.90. The van der Waals surface area contributed by atoms with Crippen molar-refractivity contribution in [1.82, 2.24) is 9.78 Å². The van der Waals surface area contributed by atoms with Crippen LogP contribution >= 0.6 is 0 Å². The summed E-state index contributed by atoms with van der Waals surface area (Å²) in [6.07, 6.45) is 1.98. The monoisotopic (exact) mass is 194 g/mol. The molecule has 0 aliphatic heterocycles. The standard InChI is InChI=1S/C10H18N4/c1-7(2)10(11)12-5-9-6-14(4)13-8(9)3/h6-7H,5H2,1-4H3,(H2,11,12). The molecule has 0 fully saturated rings. The van der Waals surface area contributed by atoms with Crippen LogP contribution in [0.3, 0.4) is 0 Å². The lowest BCUT2D eigenvalue weighted by Crippen LogP contribution is -2.18. The van der Waals surface area contributed by atoms with E-state index >= 15 is 0 Å². The Morgan fingerprint density at radius 1 is 1.64 bits per heavy atom. The quantitative estimate of drug-likeness (QED) is 0.581. The molecular formula is C10H18N4. The van der Waals surface area contributed by atoms with Gasteiger partial charge in [-0.05, 0) is 6.92 Å². The molecule has 0 amide bonds. The Morgan fingerprint density at radius 2 is 2.29 bits per heavy atom. The van der Waals surface area contributed by atoms with E-state index in [9.17, 15) is 0 Å². The van der Waals surface area contributed by atoms with Gasteiger partial charge in [0.1, 0.15) is 0 Å².